The van der Waals surface area contributed by atoms with Crippen LogP contribution in [0.25, 0.3) is 5.57 Å². The number of ether oxygens (including phenoxy) is 2. The molecule has 1 aromatic heterocycles. The summed E-state index contributed by atoms with van der Waals surface area (Å²) in [5.41, 5.74) is 3.35. The molecule has 0 N–H and O–H groups in total. The van der Waals surface area contributed by atoms with Gasteiger partial charge in [-0.05, 0) is 55.2 Å². The van der Waals surface area contributed by atoms with Crippen LogP contribution in [0, 0.1) is 0 Å². The Bertz CT molecular complexity index is 794. The van der Waals surface area contributed by atoms with Crippen molar-refractivity contribution in [1.82, 2.24) is 4.90 Å². The van der Waals surface area contributed by atoms with E-state index in [9.17, 15) is 4.79 Å². The first-order chi connectivity index (χ1) is 12.1. The third-order valence-electron chi connectivity index (χ3n) is 4.28. The minimum atomic E-state index is -0.318. The lowest BCUT2D eigenvalue weighted by atomic mass is 10.00. The van der Waals surface area contributed by atoms with E-state index in [1.165, 1.54) is 17.4 Å². The summed E-state index contributed by atoms with van der Waals surface area (Å²) in [6.07, 6.45) is 3.22. The molecule has 132 valence electrons. The number of fused-ring (bicyclic) bond motifs is 2. The number of esters is 1. The summed E-state index contributed by atoms with van der Waals surface area (Å²) >= 11 is 1.73. The zero-order chi connectivity index (χ0) is 17.8. The van der Waals surface area contributed by atoms with Crippen LogP contribution in [0.4, 0.5) is 0 Å². The molecule has 1 aliphatic rings. The Kier molecular flexibility index (Phi) is 5.56. The van der Waals surface area contributed by atoms with Crippen LogP contribution in [0.3, 0.4) is 0 Å². The molecule has 0 saturated heterocycles. The van der Waals surface area contributed by atoms with E-state index >= 15 is 0 Å². The van der Waals surface area contributed by atoms with Crippen molar-refractivity contribution in [3.63, 3.8) is 0 Å². The highest BCUT2D eigenvalue weighted by atomic mass is 32.1. The zero-order valence-corrected chi connectivity index (χ0v) is 15.7. The van der Waals surface area contributed by atoms with Crippen LogP contribution in [0.1, 0.15) is 36.3 Å². The summed E-state index contributed by atoms with van der Waals surface area (Å²) < 4.78 is 11.3. The molecule has 1 aliphatic heterocycles. The Morgan fingerprint density at radius 3 is 3.00 bits per heavy atom. The predicted molar refractivity (Wildman–Crippen MR) is 101 cm³/mol. The lowest BCUT2D eigenvalue weighted by Crippen LogP contribution is -2.18. The van der Waals surface area contributed by atoms with Crippen molar-refractivity contribution in [3.8, 4) is 11.5 Å². The normalized spacial score (nSPS) is 14.6. The van der Waals surface area contributed by atoms with Crippen LogP contribution in [0.2, 0.25) is 0 Å². The largest absolute Gasteiger partial charge is 0.488 e. The third kappa shape index (κ3) is 4.11. The van der Waals surface area contributed by atoms with Gasteiger partial charge in [0.25, 0.3) is 0 Å². The third-order valence-corrected chi connectivity index (χ3v) is 5.27. The van der Waals surface area contributed by atoms with Crippen molar-refractivity contribution >= 4 is 22.9 Å². The Morgan fingerprint density at radius 1 is 1.40 bits per heavy atom. The van der Waals surface area contributed by atoms with Crippen molar-refractivity contribution in [2.24, 2.45) is 0 Å². The molecule has 0 aliphatic carbocycles. The first kappa shape index (κ1) is 17.7. The number of carbonyl (C=O) groups excluding carboxylic acids is 1. The average Bonchev–Trinajstić information content (AvgIpc) is 3.00. The molecule has 0 atom stereocenters. The van der Waals surface area contributed by atoms with Crippen molar-refractivity contribution in [3.05, 3.63) is 51.7 Å². The van der Waals surface area contributed by atoms with Gasteiger partial charge in [-0.1, -0.05) is 13.0 Å². The van der Waals surface area contributed by atoms with Gasteiger partial charge >= 0.3 is 5.97 Å². The molecule has 0 saturated carbocycles. The molecule has 1 aromatic carbocycles. The van der Waals surface area contributed by atoms with Gasteiger partial charge in [0, 0.05) is 29.5 Å². The van der Waals surface area contributed by atoms with Crippen LogP contribution >= 0.6 is 11.3 Å². The Hall–Kier alpha value is -2.11. The van der Waals surface area contributed by atoms with Gasteiger partial charge in [-0.3, -0.25) is 4.79 Å². The second kappa shape index (κ2) is 7.85. The lowest BCUT2D eigenvalue weighted by Gasteiger charge is -2.14. The van der Waals surface area contributed by atoms with Crippen molar-refractivity contribution in [2.75, 3.05) is 20.1 Å². The van der Waals surface area contributed by atoms with Crippen molar-refractivity contribution < 1.29 is 14.3 Å². The Balaban J connectivity index is 2.00. The maximum atomic E-state index is 11.3. The van der Waals surface area contributed by atoms with E-state index in [0.29, 0.717) is 12.4 Å². The molecule has 2 aromatic rings. The van der Waals surface area contributed by atoms with Gasteiger partial charge in [-0.2, -0.15) is 0 Å². The first-order valence-electron chi connectivity index (χ1n) is 8.49. The Labute approximate surface area is 152 Å². The van der Waals surface area contributed by atoms with Gasteiger partial charge in [-0.25, -0.2) is 0 Å². The number of carbonyl (C=O) groups is 1. The van der Waals surface area contributed by atoms with Gasteiger partial charge in [0.2, 0.25) is 0 Å². The highest BCUT2D eigenvalue weighted by molar-refractivity contribution is 7.11. The fourth-order valence-electron chi connectivity index (χ4n) is 2.83. The maximum absolute atomic E-state index is 11.3. The van der Waals surface area contributed by atoms with E-state index in [4.69, 9.17) is 9.47 Å². The predicted octanol–water partition coefficient (Wildman–Crippen LogP) is 4.34. The van der Waals surface area contributed by atoms with Gasteiger partial charge in [0.15, 0.2) is 0 Å². The fourth-order valence-corrected chi connectivity index (χ4v) is 3.80. The van der Waals surface area contributed by atoms with Gasteiger partial charge in [0.05, 0.1) is 0 Å². The number of hydrogen-bond acceptors (Lipinski definition) is 5. The van der Waals surface area contributed by atoms with E-state index < -0.39 is 0 Å². The van der Waals surface area contributed by atoms with E-state index in [0.717, 1.165) is 36.4 Å². The summed E-state index contributed by atoms with van der Waals surface area (Å²) in [7, 11) is 2.12. The molecule has 0 unspecified atom stereocenters. The van der Waals surface area contributed by atoms with Crippen LogP contribution in [-0.4, -0.2) is 31.0 Å². The molecule has 0 bridgehead atoms. The zero-order valence-electron chi connectivity index (χ0n) is 14.9. The van der Waals surface area contributed by atoms with Crippen molar-refractivity contribution in [1.29, 1.82) is 0 Å². The highest BCUT2D eigenvalue weighted by Gasteiger charge is 2.21. The summed E-state index contributed by atoms with van der Waals surface area (Å²) in [5, 5.41) is 2.10. The monoisotopic (exact) mass is 357 g/mol. The number of thiophene rings is 1. The fraction of sp³-hybridized carbons (Fsp3) is 0.350. The number of nitrogens with zero attached hydrogens (tertiary/aromatic N) is 1. The lowest BCUT2D eigenvalue weighted by molar-refractivity contribution is -0.131. The molecule has 5 heteroatoms. The van der Waals surface area contributed by atoms with Gasteiger partial charge in [-0.15, -0.1) is 11.3 Å². The number of hydrogen-bond donors (Lipinski definition) is 0. The van der Waals surface area contributed by atoms with E-state index in [-0.39, 0.29) is 5.97 Å². The highest BCUT2D eigenvalue weighted by Crippen LogP contribution is 2.41. The molecule has 0 spiro atoms. The summed E-state index contributed by atoms with van der Waals surface area (Å²) in [4.78, 5) is 14.8. The molecule has 0 radical (unpaired) electrons. The van der Waals surface area contributed by atoms with Gasteiger partial charge < -0.3 is 14.4 Å². The SMILES string of the molecule is CCN(C)CC/C=C1/c2cc(OC(C)=O)ccc2OCc2ccsc21. The summed E-state index contributed by atoms with van der Waals surface area (Å²) in [6, 6.07) is 7.68. The second-order valence-corrected chi connectivity index (χ2v) is 7.03. The summed E-state index contributed by atoms with van der Waals surface area (Å²) in [6.45, 7) is 6.16. The minimum Gasteiger partial charge on any atom is -0.488 e. The minimum absolute atomic E-state index is 0.318. The van der Waals surface area contributed by atoms with Crippen LogP contribution < -0.4 is 9.47 Å². The maximum Gasteiger partial charge on any atom is 0.308 e. The molecular weight excluding hydrogens is 334 g/mol. The topological polar surface area (TPSA) is 38.8 Å². The number of rotatable bonds is 5. The van der Waals surface area contributed by atoms with Gasteiger partial charge in [0.1, 0.15) is 18.1 Å². The molecular formula is C20H23NO3S. The molecule has 25 heavy (non-hydrogen) atoms. The quantitative estimate of drug-likeness (QED) is 0.589. The van der Waals surface area contributed by atoms with Crippen LogP contribution in [0.15, 0.2) is 35.7 Å². The van der Waals surface area contributed by atoms with Crippen molar-refractivity contribution in [2.45, 2.75) is 26.9 Å². The van der Waals surface area contributed by atoms with Crippen LogP contribution in [-0.2, 0) is 11.4 Å². The number of benzene rings is 1. The summed E-state index contributed by atoms with van der Waals surface area (Å²) in [5.74, 6) is 1.06. The molecule has 2 heterocycles. The van der Waals surface area contributed by atoms with Crippen LogP contribution in [0.5, 0.6) is 11.5 Å². The average molecular weight is 357 g/mol. The molecule has 0 amide bonds. The second-order valence-electron chi connectivity index (χ2n) is 6.12. The van der Waals surface area contributed by atoms with E-state index in [2.05, 4.69) is 36.4 Å². The standard InChI is InChI=1S/C20H23NO3S/c1-4-21(3)10-5-6-17-18-12-16(24-14(2)22)7-8-19(18)23-13-15-9-11-25-20(15)17/h6-9,11-12H,4-5,10,13H2,1-3H3/b17-6-. The molecule has 3 rings (SSSR count). The smallest absolute Gasteiger partial charge is 0.308 e. The first-order valence-corrected chi connectivity index (χ1v) is 9.37. The van der Waals surface area contributed by atoms with E-state index in [1.807, 2.05) is 12.1 Å². The van der Waals surface area contributed by atoms with E-state index in [1.54, 1.807) is 17.4 Å². The molecule has 4 nitrogen and oxygen atoms in total. The Morgan fingerprint density at radius 2 is 2.24 bits per heavy atom. The molecule has 0 fully saturated rings.